The minimum Gasteiger partial charge on any atom is -0.457 e. The fourth-order valence-corrected chi connectivity index (χ4v) is 2.44. The highest BCUT2D eigenvalue weighted by molar-refractivity contribution is 5.94. The van der Waals surface area contributed by atoms with E-state index in [9.17, 15) is 13.6 Å². The highest BCUT2D eigenvalue weighted by Crippen LogP contribution is 2.22. The Hall–Kier alpha value is -3.22. The third-order valence-electron chi connectivity index (χ3n) is 3.76. The molecule has 0 saturated heterocycles. The number of aromatic nitrogens is 2. The lowest BCUT2D eigenvalue weighted by molar-refractivity contribution is 0.0612. The molecule has 0 aliphatic rings. The Balaban J connectivity index is 1.66. The first-order chi connectivity index (χ1) is 12.5. The zero-order valence-corrected chi connectivity index (χ0v) is 14.0. The maximum Gasteiger partial charge on any atom is 0.319 e. The first-order valence-corrected chi connectivity index (χ1v) is 7.93. The van der Waals surface area contributed by atoms with Crippen LogP contribution in [0.15, 0.2) is 67.0 Å². The third kappa shape index (κ3) is 4.05. The van der Waals surface area contributed by atoms with E-state index in [1.54, 1.807) is 31.3 Å². The van der Waals surface area contributed by atoms with Gasteiger partial charge in [-0.05, 0) is 36.4 Å². The van der Waals surface area contributed by atoms with E-state index >= 15 is 0 Å². The van der Waals surface area contributed by atoms with Crippen molar-refractivity contribution in [3.8, 4) is 11.5 Å². The molecule has 0 N–H and O–H groups in total. The fraction of sp³-hybridized carbons (Fsp3) is 0.158. The van der Waals surface area contributed by atoms with Gasteiger partial charge in [-0.3, -0.25) is 9.36 Å². The van der Waals surface area contributed by atoms with Gasteiger partial charge in [0, 0.05) is 25.0 Å². The number of nitrogens with zero attached hydrogens (tertiary/aromatic N) is 3. The zero-order chi connectivity index (χ0) is 18.5. The number of alkyl halides is 2. The van der Waals surface area contributed by atoms with Crippen molar-refractivity contribution in [2.24, 2.45) is 0 Å². The molecule has 0 aliphatic heterocycles. The van der Waals surface area contributed by atoms with Crippen molar-refractivity contribution in [3.63, 3.8) is 0 Å². The molecule has 0 spiro atoms. The van der Waals surface area contributed by atoms with E-state index in [4.69, 9.17) is 4.74 Å². The van der Waals surface area contributed by atoms with Crippen LogP contribution >= 0.6 is 0 Å². The minimum absolute atomic E-state index is 0.0154. The number of ether oxygens (including phenoxy) is 1. The molecule has 3 aromatic rings. The molecule has 26 heavy (non-hydrogen) atoms. The number of hydrogen-bond donors (Lipinski definition) is 0. The Morgan fingerprint density at radius 2 is 1.77 bits per heavy atom. The van der Waals surface area contributed by atoms with Gasteiger partial charge in [0.1, 0.15) is 17.3 Å². The van der Waals surface area contributed by atoms with Crippen molar-refractivity contribution in [2.45, 2.75) is 13.1 Å². The molecule has 1 aromatic heterocycles. The van der Waals surface area contributed by atoms with Crippen LogP contribution in [0.1, 0.15) is 22.7 Å². The second-order valence-corrected chi connectivity index (χ2v) is 5.63. The van der Waals surface area contributed by atoms with Crippen LogP contribution in [0.25, 0.3) is 0 Å². The number of benzene rings is 2. The molecule has 0 radical (unpaired) electrons. The van der Waals surface area contributed by atoms with Crippen LogP contribution in [-0.2, 0) is 6.54 Å². The van der Waals surface area contributed by atoms with Crippen molar-refractivity contribution in [3.05, 3.63) is 78.4 Å². The Labute approximate surface area is 149 Å². The predicted molar refractivity (Wildman–Crippen MR) is 92.2 cm³/mol. The molecular weight excluding hydrogens is 340 g/mol. The van der Waals surface area contributed by atoms with E-state index in [0.29, 0.717) is 17.1 Å². The summed E-state index contributed by atoms with van der Waals surface area (Å²) >= 11 is 0. The van der Waals surface area contributed by atoms with Gasteiger partial charge in [-0.15, -0.1) is 0 Å². The maximum atomic E-state index is 12.9. The summed E-state index contributed by atoms with van der Waals surface area (Å²) in [7, 11) is 1.54. The number of hydrogen-bond acceptors (Lipinski definition) is 3. The van der Waals surface area contributed by atoms with Crippen molar-refractivity contribution >= 4 is 5.91 Å². The van der Waals surface area contributed by atoms with Crippen LogP contribution in [-0.4, -0.2) is 27.4 Å². The van der Waals surface area contributed by atoms with E-state index in [1.165, 1.54) is 17.3 Å². The Morgan fingerprint density at radius 1 is 1.12 bits per heavy atom. The standard InChI is InChI=1S/C19H17F2N3O2/c1-23(13-17-22-11-12-24(17)19(20)21)18(25)14-7-9-16(10-8-14)26-15-5-3-2-4-6-15/h2-12,19H,13H2,1H3. The van der Waals surface area contributed by atoms with Gasteiger partial charge in [0.25, 0.3) is 5.91 Å². The summed E-state index contributed by atoms with van der Waals surface area (Å²) in [5.41, 5.74) is 0.433. The molecule has 2 aromatic carbocycles. The van der Waals surface area contributed by atoms with Crippen molar-refractivity contribution in [1.29, 1.82) is 0 Å². The first-order valence-electron chi connectivity index (χ1n) is 7.93. The molecular formula is C19H17F2N3O2. The second kappa shape index (κ2) is 7.77. The molecule has 1 heterocycles. The summed E-state index contributed by atoms with van der Waals surface area (Å²) in [4.78, 5) is 17.7. The minimum atomic E-state index is -2.69. The van der Waals surface area contributed by atoms with Crippen LogP contribution in [0, 0.1) is 0 Å². The highest BCUT2D eigenvalue weighted by atomic mass is 19.3. The lowest BCUT2D eigenvalue weighted by atomic mass is 10.2. The molecule has 0 fully saturated rings. The first kappa shape index (κ1) is 17.6. The normalized spacial score (nSPS) is 10.8. The topological polar surface area (TPSA) is 47.4 Å². The van der Waals surface area contributed by atoms with E-state index < -0.39 is 6.55 Å². The summed E-state index contributed by atoms with van der Waals surface area (Å²) < 4.78 is 32.1. The second-order valence-electron chi connectivity index (χ2n) is 5.63. The quantitative estimate of drug-likeness (QED) is 0.659. The van der Waals surface area contributed by atoms with E-state index in [2.05, 4.69) is 4.98 Å². The molecule has 134 valence electrons. The number of carbonyl (C=O) groups is 1. The zero-order valence-electron chi connectivity index (χ0n) is 14.0. The highest BCUT2D eigenvalue weighted by Gasteiger charge is 2.17. The monoisotopic (exact) mass is 357 g/mol. The van der Waals surface area contributed by atoms with Gasteiger partial charge < -0.3 is 9.64 Å². The van der Waals surface area contributed by atoms with Gasteiger partial charge in [-0.1, -0.05) is 18.2 Å². The number of imidazole rings is 1. The van der Waals surface area contributed by atoms with Crippen LogP contribution in [0.3, 0.4) is 0 Å². The van der Waals surface area contributed by atoms with Crippen LogP contribution in [0.4, 0.5) is 8.78 Å². The molecule has 0 aliphatic carbocycles. The van der Waals surface area contributed by atoms with Gasteiger partial charge in [0.05, 0.1) is 6.54 Å². The van der Waals surface area contributed by atoms with E-state index in [-0.39, 0.29) is 18.3 Å². The lowest BCUT2D eigenvalue weighted by Crippen LogP contribution is -2.27. The van der Waals surface area contributed by atoms with Crippen LogP contribution < -0.4 is 4.74 Å². The number of rotatable bonds is 6. The van der Waals surface area contributed by atoms with Gasteiger partial charge in [0.2, 0.25) is 0 Å². The Kier molecular flexibility index (Phi) is 5.26. The summed E-state index contributed by atoms with van der Waals surface area (Å²) in [6.45, 7) is -2.70. The summed E-state index contributed by atoms with van der Waals surface area (Å²) in [5, 5.41) is 0. The maximum absolute atomic E-state index is 12.9. The van der Waals surface area contributed by atoms with Crippen molar-refractivity contribution < 1.29 is 18.3 Å². The van der Waals surface area contributed by atoms with Crippen LogP contribution in [0.5, 0.6) is 11.5 Å². The van der Waals surface area contributed by atoms with Gasteiger partial charge in [-0.25, -0.2) is 4.98 Å². The lowest BCUT2D eigenvalue weighted by Gasteiger charge is -2.18. The van der Waals surface area contributed by atoms with Crippen molar-refractivity contribution in [2.75, 3.05) is 7.05 Å². The molecule has 1 amide bonds. The van der Waals surface area contributed by atoms with Gasteiger partial charge in [-0.2, -0.15) is 8.78 Å². The average Bonchev–Trinajstić information content (AvgIpc) is 3.11. The van der Waals surface area contributed by atoms with Crippen LogP contribution in [0.2, 0.25) is 0 Å². The summed E-state index contributed by atoms with van der Waals surface area (Å²) in [6.07, 6.45) is 2.48. The number of halogens is 2. The smallest absolute Gasteiger partial charge is 0.319 e. The average molecular weight is 357 g/mol. The van der Waals surface area contributed by atoms with Gasteiger partial charge >= 0.3 is 6.55 Å². The molecule has 5 nitrogen and oxygen atoms in total. The van der Waals surface area contributed by atoms with Gasteiger partial charge in [0.15, 0.2) is 0 Å². The van der Waals surface area contributed by atoms with E-state index in [1.807, 2.05) is 30.3 Å². The molecule has 0 unspecified atom stereocenters. The third-order valence-corrected chi connectivity index (χ3v) is 3.76. The summed E-state index contributed by atoms with van der Waals surface area (Å²) in [5.74, 6) is 1.13. The largest absolute Gasteiger partial charge is 0.457 e. The molecule has 0 bridgehead atoms. The Morgan fingerprint density at radius 3 is 2.42 bits per heavy atom. The number of carbonyl (C=O) groups excluding carboxylic acids is 1. The molecule has 7 heteroatoms. The fourth-order valence-electron chi connectivity index (χ4n) is 2.44. The number of amides is 1. The van der Waals surface area contributed by atoms with E-state index in [0.717, 1.165) is 4.57 Å². The molecule has 0 saturated carbocycles. The SMILES string of the molecule is CN(Cc1nccn1C(F)F)C(=O)c1ccc(Oc2ccccc2)cc1. The molecule has 3 rings (SSSR count). The predicted octanol–water partition coefficient (Wildman–Crippen LogP) is 4.34. The molecule has 0 atom stereocenters. The number of para-hydroxylation sites is 1. The van der Waals surface area contributed by atoms with Crippen molar-refractivity contribution in [1.82, 2.24) is 14.5 Å². The summed E-state index contributed by atoms with van der Waals surface area (Å²) in [6, 6.07) is 15.9. The Bertz CT molecular complexity index is 864.